The molecule has 0 aromatic rings. The van der Waals surface area contributed by atoms with Gasteiger partial charge in [-0.05, 0) is 6.42 Å². The Labute approximate surface area is 84.7 Å². The summed E-state index contributed by atoms with van der Waals surface area (Å²) in [7, 11) is 1.58. The maximum Gasteiger partial charge on any atom is 0.234 e. The monoisotopic (exact) mass is 206 g/mol. The van der Waals surface area contributed by atoms with Crippen LogP contribution in [0.1, 0.15) is 13.3 Å². The molecule has 0 bridgehead atoms. The number of rotatable bonds is 6. The fraction of sp³-hybridized carbons (Fsp3) is 0.875. The Hall–Kier alpha value is -0.260. The number of carbonyl (C=O) groups is 1. The molecular weight excluding hydrogens is 188 g/mol. The van der Waals surface area contributed by atoms with Crippen LogP contribution in [0.15, 0.2) is 0 Å². The molecule has 1 atom stereocenters. The summed E-state index contributed by atoms with van der Waals surface area (Å²) < 4.78 is 0. The molecule has 4 nitrogen and oxygen atoms in total. The molecule has 5 heteroatoms. The maximum absolute atomic E-state index is 11.0. The van der Waals surface area contributed by atoms with E-state index in [0.29, 0.717) is 12.3 Å². The number of nitrogens with one attached hydrogen (secondary N) is 1. The molecule has 0 saturated carbocycles. The standard InChI is InChI=1S/C8H18N2O2S/c1-3-4-10(8(12)6-13)5-7(11)9-2/h8,12-13H,3-6H2,1-2H3,(H,9,11). The highest BCUT2D eigenvalue weighted by atomic mass is 32.1. The highest BCUT2D eigenvalue weighted by Gasteiger charge is 2.15. The third kappa shape index (κ3) is 5.13. The van der Waals surface area contributed by atoms with Gasteiger partial charge in [-0.25, -0.2) is 0 Å². The number of carbonyl (C=O) groups excluding carboxylic acids is 1. The van der Waals surface area contributed by atoms with Gasteiger partial charge < -0.3 is 10.4 Å². The zero-order valence-corrected chi connectivity index (χ0v) is 9.05. The van der Waals surface area contributed by atoms with Crippen molar-refractivity contribution in [3.05, 3.63) is 0 Å². The number of nitrogens with zero attached hydrogens (tertiary/aromatic N) is 1. The van der Waals surface area contributed by atoms with Gasteiger partial charge in [-0.2, -0.15) is 12.6 Å². The van der Waals surface area contributed by atoms with Crippen LogP contribution in [0.2, 0.25) is 0 Å². The number of thiol groups is 1. The van der Waals surface area contributed by atoms with Gasteiger partial charge in [0.15, 0.2) is 0 Å². The Morgan fingerprint density at radius 3 is 2.69 bits per heavy atom. The van der Waals surface area contributed by atoms with Crippen molar-refractivity contribution < 1.29 is 9.90 Å². The smallest absolute Gasteiger partial charge is 0.234 e. The minimum atomic E-state index is -0.638. The molecule has 0 saturated heterocycles. The second-order valence-electron chi connectivity index (χ2n) is 2.81. The van der Waals surface area contributed by atoms with Crippen LogP contribution in [0.25, 0.3) is 0 Å². The van der Waals surface area contributed by atoms with Crippen LogP contribution in [0.5, 0.6) is 0 Å². The number of hydrogen-bond acceptors (Lipinski definition) is 4. The van der Waals surface area contributed by atoms with Crippen molar-refractivity contribution in [2.75, 3.05) is 25.9 Å². The lowest BCUT2D eigenvalue weighted by Crippen LogP contribution is -2.43. The molecule has 0 aliphatic carbocycles. The molecular formula is C8H18N2O2S. The molecule has 13 heavy (non-hydrogen) atoms. The third-order valence-corrected chi connectivity index (χ3v) is 2.05. The average Bonchev–Trinajstić information content (AvgIpc) is 2.15. The van der Waals surface area contributed by atoms with Gasteiger partial charge in [-0.3, -0.25) is 9.69 Å². The minimum Gasteiger partial charge on any atom is -0.378 e. The van der Waals surface area contributed by atoms with Crippen LogP contribution in [0, 0.1) is 0 Å². The molecule has 0 heterocycles. The highest BCUT2D eigenvalue weighted by Crippen LogP contribution is 1.99. The van der Waals surface area contributed by atoms with Crippen molar-refractivity contribution in [3.8, 4) is 0 Å². The summed E-state index contributed by atoms with van der Waals surface area (Å²) in [4.78, 5) is 12.7. The van der Waals surface area contributed by atoms with E-state index >= 15 is 0 Å². The summed E-state index contributed by atoms with van der Waals surface area (Å²) in [6, 6.07) is 0. The zero-order valence-electron chi connectivity index (χ0n) is 8.16. The van der Waals surface area contributed by atoms with Crippen LogP contribution in [0.4, 0.5) is 0 Å². The van der Waals surface area contributed by atoms with Gasteiger partial charge in [0.1, 0.15) is 6.23 Å². The number of aliphatic hydroxyl groups excluding tert-OH is 1. The molecule has 0 rings (SSSR count). The topological polar surface area (TPSA) is 52.6 Å². The number of aliphatic hydroxyl groups is 1. The van der Waals surface area contributed by atoms with Crippen molar-refractivity contribution in [3.63, 3.8) is 0 Å². The van der Waals surface area contributed by atoms with Gasteiger partial charge in [0.2, 0.25) is 5.91 Å². The van der Waals surface area contributed by atoms with Crippen LogP contribution < -0.4 is 5.32 Å². The van der Waals surface area contributed by atoms with Gasteiger partial charge in [0.05, 0.1) is 6.54 Å². The lowest BCUT2D eigenvalue weighted by Gasteiger charge is -2.25. The highest BCUT2D eigenvalue weighted by molar-refractivity contribution is 7.80. The van der Waals surface area contributed by atoms with Crippen molar-refractivity contribution in [1.29, 1.82) is 0 Å². The normalized spacial score (nSPS) is 13.0. The van der Waals surface area contributed by atoms with E-state index < -0.39 is 6.23 Å². The van der Waals surface area contributed by atoms with Gasteiger partial charge in [0.25, 0.3) is 0 Å². The van der Waals surface area contributed by atoms with E-state index in [1.165, 1.54) is 0 Å². The Kier molecular flexibility index (Phi) is 7.03. The summed E-state index contributed by atoms with van der Waals surface area (Å²) in [6.45, 7) is 2.93. The molecule has 0 radical (unpaired) electrons. The molecule has 0 spiro atoms. The first-order valence-electron chi connectivity index (χ1n) is 4.39. The fourth-order valence-corrected chi connectivity index (χ4v) is 1.23. The average molecular weight is 206 g/mol. The third-order valence-electron chi connectivity index (χ3n) is 1.72. The molecule has 78 valence electrons. The van der Waals surface area contributed by atoms with Crippen molar-refractivity contribution in [2.45, 2.75) is 19.6 Å². The predicted molar refractivity (Wildman–Crippen MR) is 55.8 cm³/mol. The van der Waals surface area contributed by atoms with E-state index in [4.69, 9.17) is 0 Å². The molecule has 0 aliphatic rings. The molecule has 0 aromatic carbocycles. The largest absolute Gasteiger partial charge is 0.378 e. The fourth-order valence-electron chi connectivity index (χ4n) is 1.000. The van der Waals surface area contributed by atoms with Crippen LogP contribution in [-0.2, 0) is 4.79 Å². The minimum absolute atomic E-state index is 0.0886. The molecule has 2 N–H and O–H groups in total. The Bertz CT molecular complexity index is 155. The predicted octanol–water partition coefficient (Wildman–Crippen LogP) is -0.307. The van der Waals surface area contributed by atoms with Crippen LogP contribution in [-0.4, -0.2) is 48.0 Å². The molecule has 1 unspecified atom stereocenters. The van der Waals surface area contributed by atoms with Gasteiger partial charge in [-0.1, -0.05) is 6.92 Å². The number of likely N-dealkylation sites (N-methyl/N-ethyl adjacent to an activating group) is 1. The van der Waals surface area contributed by atoms with Crippen LogP contribution in [0.3, 0.4) is 0 Å². The van der Waals surface area contributed by atoms with E-state index in [1.807, 2.05) is 6.92 Å². The Morgan fingerprint density at radius 1 is 1.69 bits per heavy atom. The summed E-state index contributed by atoms with van der Waals surface area (Å²) in [6.07, 6.45) is 0.266. The van der Waals surface area contributed by atoms with Gasteiger partial charge >= 0.3 is 0 Å². The van der Waals surface area contributed by atoms with Gasteiger partial charge in [0, 0.05) is 19.3 Å². The SMILES string of the molecule is CCCN(CC(=O)NC)C(O)CS. The lowest BCUT2D eigenvalue weighted by molar-refractivity contribution is -0.124. The van der Waals surface area contributed by atoms with Crippen molar-refractivity contribution in [1.82, 2.24) is 10.2 Å². The summed E-state index contributed by atoms with van der Waals surface area (Å²) in [5, 5.41) is 12.0. The number of amides is 1. The zero-order chi connectivity index (χ0) is 10.3. The van der Waals surface area contributed by atoms with E-state index in [9.17, 15) is 9.90 Å². The Balaban J connectivity index is 4.00. The summed E-state index contributed by atoms with van der Waals surface area (Å²) >= 11 is 3.98. The first-order chi connectivity index (χ1) is 6.15. The lowest BCUT2D eigenvalue weighted by atomic mass is 10.3. The molecule has 0 aromatic heterocycles. The van der Waals surface area contributed by atoms with E-state index in [2.05, 4.69) is 17.9 Å². The Morgan fingerprint density at radius 2 is 2.31 bits per heavy atom. The van der Waals surface area contributed by atoms with E-state index in [0.717, 1.165) is 6.42 Å². The van der Waals surface area contributed by atoms with Crippen LogP contribution >= 0.6 is 12.6 Å². The van der Waals surface area contributed by atoms with E-state index in [-0.39, 0.29) is 12.5 Å². The molecule has 0 fully saturated rings. The molecule has 0 aliphatic heterocycles. The number of hydrogen-bond donors (Lipinski definition) is 3. The first kappa shape index (κ1) is 12.7. The van der Waals surface area contributed by atoms with Gasteiger partial charge in [-0.15, -0.1) is 0 Å². The maximum atomic E-state index is 11.0. The quantitative estimate of drug-likeness (QED) is 0.413. The second kappa shape index (κ2) is 7.17. The molecule has 1 amide bonds. The summed E-state index contributed by atoms with van der Waals surface area (Å²) in [5.74, 6) is 0.256. The van der Waals surface area contributed by atoms with Crippen molar-refractivity contribution in [2.24, 2.45) is 0 Å². The van der Waals surface area contributed by atoms with E-state index in [1.54, 1.807) is 11.9 Å². The first-order valence-corrected chi connectivity index (χ1v) is 5.02. The summed E-state index contributed by atoms with van der Waals surface area (Å²) in [5.41, 5.74) is 0. The second-order valence-corrected chi connectivity index (χ2v) is 3.17. The van der Waals surface area contributed by atoms with Crippen molar-refractivity contribution >= 4 is 18.5 Å².